The van der Waals surface area contributed by atoms with Crippen molar-refractivity contribution in [3.63, 3.8) is 0 Å². The summed E-state index contributed by atoms with van der Waals surface area (Å²) in [4.78, 5) is 4.92. The molecule has 0 unspecified atom stereocenters. The van der Waals surface area contributed by atoms with Gasteiger partial charge in [-0.05, 0) is 65.5 Å². The second-order valence-corrected chi connectivity index (χ2v) is 13.6. The summed E-state index contributed by atoms with van der Waals surface area (Å²) < 4.78 is 15.9. The summed E-state index contributed by atoms with van der Waals surface area (Å²) >= 11 is 0. The van der Waals surface area contributed by atoms with Crippen LogP contribution in [0, 0.1) is 0 Å². The number of furan rings is 2. The van der Waals surface area contributed by atoms with Gasteiger partial charge < -0.3 is 23.2 Å². The summed E-state index contributed by atoms with van der Waals surface area (Å²) in [5.41, 5.74) is 16.8. The molecular formula is C44H24BN3O2. The van der Waals surface area contributed by atoms with Crippen molar-refractivity contribution >= 4 is 112 Å². The minimum atomic E-state index is 0.0760. The maximum atomic E-state index is 6.73. The van der Waals surface area contributed by atoms with E-state index in [9.17, 15) is 0 Å². The smallest absolute Gasteiger partial charge is 0.275 e. The van der Waals surface area contributed by atoms with Crippen molar-refractivity contribution in [1.29, 1.82) is 0 Å². The van der Waals surface area contributed by atoms with Gasteiger partial charge in [-0.25, -0.2) is 0 Å². The van der Waals surface area contributed by atoms with E-state index in [1.807, 2.05) is 12.1 Å². The summed E-state index contributed by atoms with van der Waals surface area (Å²) in [6, 6.07) is 52.2. The van der Waals surface area contributed by atoms with E-state index in [0.29, 0.717) is 0 Å². The van der Waals surface area contributed by atoms with Crippen LogP contribution in [0.25, 0.3) is 60.5 Å². The lowest BCUT2D eigenvalue weighted by Crippen LogP contribution is -2.59. The van der Waals surface area contributed by atoms with Gasteiger partial charge >= 0.3 is 0 Å². The van der Waals surface area contributed by atoms with E-state index in [2.05, 4.69) is 148 Å². The Labute approximate surface area is 285 Å². The third-order valence-corrected chi connectivity index (χ3v) is 11.3. The van der Waals surface area contributed by atoms with E-state index in [1.165, 1.54) is 50.2 Å². The van der Waals surface area contributed by atoms with E-state index >= 15 is 0 Å². The number of benzene rings is 7. The molecule has 0 atom stereocenters. The predicted molar refractivity (Wildman–Crippen MR) is 205 cm³/mol. The second-order valence-electron chi connectivity index (χ2n) is 13.6. The number of hydrogen-bond donors (Lipinski definition) is 0. The molecule has 0 bridgehead atoms. The Bertz CT molecular complexity index is 3150. The van der Waals surface area contributed by atoms with Gasteiger partial charge in [0.15, 0.2) is 11.2 Å². The molecule has 6 heteroatoms. The SMILES string of the molecule is c1cc2c3c(c1)N(c1cccc4c1oc1ccccc14)c1c4n(c5ccccc15)-c1cccc(c1B34)N2c1cccc2c1oc1ccccc12. The average molecular weight is 638 g/mol. The van der Waals surface area contributed by atoms with Crippen molar-refractivity contribution in [2.75, 3.05) is 9.80 Å². The fourth-order valence-corrected chi connectivity index (χ4v) is 9.45. The minimum absolute atomic E-state index is 0.0760. The van der Waals surface area contributed by atoms with Crippen LogP contribution in [0.2, 0.25) is 0 Å². The first-order valence-electron chi connectivity index (χ1n) is 17.2. The lowest BCUT2D eigenvalue weighted by atomic mass is 9.36. The van der Waals surface area contributed by atoms with Crippen LogP contribution in [0.15, 0.2) is 154 Å². The number of rotatable bonds is 2. The van der Waals surface area contributed by atoms with Crippen LogP contribution in [0.3, 0.4) is 0 Å². The number of para-hydroxylation sites is 5. The number of hydrogen-bond acceptors (Lipinski definition) is 4. The predicted octanol–water partition coefficient (Wildman–Crippen LogP) is 9.83. The van der Waals surface area contributed by atoms with Gasteiger partial charge in [-0.1, -0.05) is 91.0 Å². The van der Waals surface area contributed by atoms with Crippen LogP contribution >= 0.6 is 0 Å². The molecule has 0 radical (unpaired) electrons. The first-order chi connectivity index (χ1) is 24.8. The zero-order chi connectivity index (χ0) is 32.2. The summed E-state index contributed by atoms with van der Waals surface area (Å²) in [6.07, 6.45) is 0. The zero-order valence-electron chi connectivity index (χ0n) is 26.6. The van der Waals surface area contributed by atoms with Gasteiger partial charge in [-0.15, -0.1) is 0 Å². The van der Waals surface area contributed by atoms with Gasteiger partial charge in [0.2, 0.25) is 0 Å². The molecule has 6 heterocycles. The van der Waals surface area contributed by atoms with Crippen LogP contribution < -0.4 is 26.3 Å². The molecule has 3 aromatic heterocycles. The highest BCUT2D eigenvalue weighted by Crippen LogP contribution is 2.52. The van der Waals surface area contributed by atoms with Gasteiger partial charge in [0.25, 0.3) is 6.71 Å². The highest BCUT2D eigenvalue weighted by atomic mass is 16.3. The van der Waals surface area contributed by atoms with Gasteiger partial charge in [0.05, 0.1) is 22.6 Å². The van der Waals surface area contributed by atoms with Crippen molar-refractivity contribution in [3.05, 3.63) is 146 Å². The largest absolute Gasteiger partial charge is 0.454 e. The first-order valence-corrected chi connectivity index (χ1v) is 17.2. The summed E-state index contributed by atoms with van der Waals surface area (Å²) in [6.45, 7) is 0.0760. The Balaban J connectivity index is 1.19. The molecule has 0 saturated carbocycles. The molecule has 0 N–H and O–H groups in total. The van der Waals surface area contributed by atoms with Gasteiger partial charge in [0, 0.05) is 55.3 Å². The highest BCUT2D eigenvalue weighted by molar-refractivity contribution is 7.02. The molecule has 13 rings (SSSR count). The maximum Gasteiger partial charge on any atom is 0.275 e. The lowest BCUT2D eigenvalue weighted by molar-refractivity contribution is 0.669. The topological polar surface area (TPSA) is 37.7 Å². The van der Waals surface area contributed by atoms with E-state index in [4.69, 9.17) is 8.83 Å². The molecule has 0 fully saturated rings. The van der Waals surface area contributed by atoms with E-state index < -0.39 is 0 Å². The van der Waals surface area contributed by atoms with Crippen LogP contribution in [0.5, 0.6) is 0 Å². The van der Waals surface area contributed by atoms with Crippen molar-refractivity contribution < 1.29 is 8.83 Å². The van der Waals surface area contributed by atoms with Crippen molar-refractivity contribution in [1.82, 2.24) is 4.57 Å². The Morgan fingerprint density at radius 3 is 1.50 bits per heavy atom. The molecule has 0 amide bonds. The van der Waals surface area contributed by atoms with E-state index in [0.717, 1.165) is 60.9 Å². The van der Waals surface area contributed by atoms with Gasteiger partial charge in [-0.3, -0.25) is 0 Å². The monoisotopic (exact) mass is 637 g/mol. The highest BCUT2D eigenvalue weighted by Gasteiger charge is 2.51. The Morgan fingerprint density at radius 2 is 0.840 bits per heavy atom. The van der Waals surface area contributed by atoms with Gasteiger partial charge in [-0.2, -0.15) is 0 Å². The molecule has 7 aromatic carbocycles. The van der Waals surface area contributed by atoms with Crippen LogP contribution in [0.4, 0.5) is 34.1 Å². The molecule has 3 aliphatic heterocycles. The molecule has 0 saturated heterocycles. The van der Waals surface area contributed by atoms with Crippen molar-refractivity contribution in [2.24, 2.45) is 0 Å². The zero-order valence-corrected chi connectivity index (χ0v) is 26.6. The fraction of sp³-hybridized carbons (Fsp3) is 0. The third kappa shape index (κ3) is 2.82. The third-order valence-electron chi connectivity index (χ3n) is 11.3. The van der Waals surface area contributed by atoms with Gasteiger partial charge in [0.1, 0.15) is 11.2 Å². The Hall–Kier alpha value is -6.66. The van der Waals surface area contributed by atoms with Crippen LogP contribution in [-0.4, -0.2) is 11.3 Å². The number of anilines is 6. The van der Waals surface area contributed by atoms with E-state index in [-0.39, 0.29) is 6.71 Å². The molecule has 5 nitrogen and oxygen atoms in total. The summed E-state index contributed by atoms with van der Waals surface area (Å²) in [7, 11) is 0. The normalized spacial score (nSPS) is 13.9. The molecule has 0 spiro atoms. The van der Waals surface area contributed by atoms with Crippen molar-refractivity contribution in [3.8, 4) is 5.69 Å². The molecular weight excluding hydrogens is 613 g/mol. The molecule has 230 valence electrons. The standard InChI is InChI=1S/C44H24BN3O2/c1-4-16-30-29(13-1)41-44-45-39-31(17-9-19-33(39)47(41)36-22-8-15-28-26-12-3-6-24-38(26)50-43(28)36)46(32-18-10-20-34(40(32)45)48(30)44)35-21-7-14-27-25-11-2-5-23-37(25)49-42(27)35/h1-24H. The lowest BCUT2D eigenvalue weighted by Gasteiger charge is -2.41. The average Bonchev–Trinajstić information content (AvgIpc) is 3.92. The molecule has 50 heavy (non-hydrogen) atoms. The minimum Gasteiger partial charge on any atom is -0.454 e. The summed E-state index contributed by atoms with van der Waals surface area (Å²) in [5, 5.41) is 5.73. The Kier molecular flexibility index (Phi) is 4.40. The fourth-order valence-electron chi connectivity index (χ4n) is 9.45. The summed E-state index contributed by atoms with van der Waals surface area (Å²) in [5.74, 6) is 0. The van der Waals surface area contributed by atoms with Crippen LogP contribution in [-0.2, 0) is 0 Å². The number of aromatic nitrogens is 1. The molecule has 3 aliphatic rings. The Morgan fingerprint density at radius 1 is 0.380 bits per heavy atom. The van der Waals surface area contributed by atoms with Crippen LogP contribution in [0.1, 0.15) is 0 Å². The quantitative estimate of drug-likeness (QED) is 0.177. The number of nitrogens with zero attached hydrogens (tertiary/aromatic N) is 3. The maximum absolute atomic E-state index is 6.73. The van der Waals surface area contributed by atoms with Crippen molar-refractivity contribution in [2.45, 2.75) is 0 Å². The first kappa shape index (κ1) is 25.4. The molecule has 0 aliphatic carbocycles. The second kappa shape index (κ2) is 8.68. The number of fused-ring (bicyclic) bond motifs is 10. The molecule has 10 aromatic rings. The van der Waals surface area contributed by atoms with E-state index in [1.54, 1.807) is 0 Å².